The number of fused-ring (bicyclic) bond motifs is 1. The van der Waals surface area contributed by atoms with Crippen molar-refractivity contribution >= 4 is 17.8 Å². The molecule has 1 unspecified atom stereocenters. The van der Waals surface area contributed by atoms with Gasteiger partial charge in [0.25, 0.3) is 5.88 Å². The standard InChI is InChI=1S/C23H29NO4/c1-8-26-21(25)27-20-13-17(28-24-20)11-14(2)16-9-10-18-19(12-16)23(6,7)15(3)22(18,4)5/h9-13,15H,8H2,1-7H3/b14-11+. The molecule has 0 bridgehead atoms. The predicted molar refractivity (Wildman–Crippen MR) is 109 cm³/mol. The van der Waals surface area contributed by atoms with Crippen LogP contribution in [0.4, 0.5) is 4.79 Å². The first-order valence-electron chi connectivity index (χ1n) is 9.72. The molecule has 0 N–H and O–H groups in total. The number of aromatic nitrogens is 1. The van der Waals surface area contributed by atoms with Crippen molar-refractivity contribution in [2.75, 3.05) is 6.61 Å². The highest BCUT2D eigenvalue weighted by Gasteiger charge is 2.48. The van der Waals surface area contributed by atoms with E-state index >= 15 is 0 Å². The lowest BCUT2D eigenvalue weighted by Crippen LogP contribution is -2.30. The monoisotopic (exact) mass is 383 g/mol. The summed E-state index contributed by atoms with van der Waals surface area (Å²) in [5.74, 6) is 1.15. The lowest BCUT2D eigenvalue weighted by Gasteiger charge is -2.32. The second-order valence-corrected chi connectivity index (χ2v) is 8.61. The van der Waals surface area contributed by atoms with Crippen LogP contribution in [0.3, 0.4) is 0 Å². The lowest BCUT2D eigenvalue weighted by molar-refractivity contribution is 0.101. The number of carbonyl (C=O) groups is 1. The third-order valence-electron chi connectivity index (χ3n) is 6.34. The molecule has 1 heterocycles. The number of hydrogen-bond donors (Lipinski definition) is 0. The van der Waals surface area contributed by atoms with E-state index in [9.17, 15) is 4.79 Å². The van der Waals surface area contributed by atoms with Gasteiger partial charge in [-0.15, -0.1) is 0 Å². The van der Waals surface area contributed by atoms with Crippen molar-refractivity contribution in [1.82, 2.24) is 5.16 Å². The Morgan fingerprint density at radius 2 is 1.86 bits per heavy atom. The minimum atomic E-state index is -0.791. The predicted octanol–water partition coefficient (Wildman–Crippen LogP) is 5.98. The van der Waals surface area contributed by atoms with Crippen LogP contribution in [-0.2, 0) is 15.6 Å². The topological polar surface area (TPSA) is 61.6 Å². The molecule has 0 radical (unpaired) electrons. The molecule has 2 aromatic rings. The van der Waals surface area contributed by atoms with Crippen molar-refractivity contribution in [2.45, 2.75) is 59.3 Å². The first-order chi connectivity index (χ1) is 13.1. The van der Waals surface area contributed by atoms with Crippen LogP contribution in [0.1, 0.15) is 70.9 Å². The van der Waals surface area contributed by atoms with E-state index in [1.807, 2.05) is 13.0 Å². The van der Waals surface area contributed by atoms with E-state index in [0.29, 0.717) is 11.7 Å². The van der Waals surface area contributed by atoms with Crippen molar-refractivity contribution in [3.8, 4) is 5.88 Å². The van der Waals surface area contributed by atoms with Crippen LogP contribution in [0.15, 0.2) is 28.8 Å². The van der Waals surface area contributed by atoms with E-state index in [2.05, 4.69) is 58.0 Å². The Morgan fingerprint density at radius 3 is 2.54 bits per heavy atom. The molecule has 0 fully saturated rings. The number of ether oxygens (including phenoxy) is 2. The van der Waals surface area contributed by atoms with Crippen LogP contribution in [0.2, 0.25) is 0 Å². The molecule has 1 aromatic heterocycles. The summed E-state index contributed by atoms with van der Waals surface area (Å²) in [4.78, 5) is 11.4. The van der Waals surface area contributed by atoms with Gasteiger partial charge < -0.3 is 14.0 Å². The first-order valence-corrected chi connectivity index (χ1v) is 9.72. The highest BCUT2D eigenvalue weighted by molar-refractivity contribution is 5.79. The lowest BCUT2D eigenvalue weighted by atomic mass is 9.71. The van der Waals surface area contributed by atoms with Crippen LogP contribution in [-0.4, -0.2) is 17.9 Å². The molecule has 0 saturated carbocycles. The quantitative estimate of drug-likeness (QED) is 0.608. The maximum absolute atomic E-state index is 11.4. The number of allylic oxidation sites excluding steroid dienone is 1. The Kier molecular flexibility index (Phi) is 5.13. The van der Waals surface area contributed by atoms with Gasteiger partial charge in [0, 0.05) is 6.07 Å². The zero-order valence-electron chi connectivity index (χ0n) is 17.8. The molecule has 0 saturated heterocycles. The van der Waals surface area contributed by atoms with E-state index in [-0.39, 0.29) is 23.3 Å². The van der Waals surface area contributed by atoms with Gasteiger partial charge in [0.1, 0.15) is 0 Å². The minimum Gasteiger partial charge on any atom is -0.434 e. The summed E-state index contributed by atoms with van der Waals surface area (Å²) >= 11 is 0. The van der Waals surface area contributed by atoms with Crippen LogP contribution in [0.25, 0.3) is 11.6 Å². The second kappa shape index (κ2) is 7.12. The molecule has 0 aliphatic heterocycles. The molecule has 0 amide bonds. The zero-order valence-corrected chi connectivity index (χ0v) is 17.8. The molecule has 5 heteroatoms. The van der Waals surface area contributed by atoms with Crippen molar-refractivity contribution < 1.29 is 18.8 Å². The second-order valence-electron chi connectivity index (χ2n) is 8.61. The molecule has 1 aliphatic rings. The van der Waals surface area contributed by atoms with E-state index in [0.717, 1.165) is 11.1 Å². The Hall–Kier alpha value is -2.56. The number of benzene rings is 1. The van der Waals surface area contributed by atoms with Crippen LogP contribution >= 0.6 is 0 Å². The number of carbonyl (C=O) groups excluding carboxylic acids is 1. The fourth-order valence-electron chi connectivity index (χ4n) is 4.17. The summed E-state index contributed by atoms with van der Waals surface area (Å²) in [5, 5.41) is 3.75. The van der Waals surface area contributed by atoms with Crippen LogP contribution in [0, 0.1) is 5.92 Å². The fourth-order valence-corrected chi connectivity index (χ4v) is 4.17. The van der Waals surface area contributed by atoms with Crippen LogP contribution < -0.4 is 4.74 Å². The molecule has 1 aliphatic carbocycles. The Morgan fingerprint density at radius 1 is 1.18 bits per heavy atom. The molecule has 1 aromatic carbocycles. The number of nitrogens with zero attached hydrogens (tertiary/aromatic N) is 1. The normalized spacial score (nSPS) is 20.0. The largest absolute Gasteiger partial charge is 0.515 e. The average Bonchev–Trinajstić information content (AvgIpc) is 3.11. The Labute approximate surface area is 166 Å². The van der Waals surface area contributed by atoms with Gasteiger partial charge in [-0.1, -0.05) is 52.8 Å². The third-order valence-corrected chi connectivity index (χ3v) is 6.34. The summed E-state index contributed by atoms with van der Waals surface area (Å²) in [6.45, 7) is 15.6. The van der Waals surface area contributed by atoms with Gasteiger partial charge in [-0.2, -0.15) is 0 Å². The smallest absolute Gasteiger partial charge is 0.434 e. The van der Waals surface area contributed by atoms with Crippen molar-refractivity contribution in [3.05, 3.63) is 46.7 Å². The van der Waals surface area contributed by atoms with E-state index < -0.39 is 6.16 Å². The SMILES string of the molecule is CCOC(=O)Oc1cc(/C=C(\C)c2ccc3c(c2)C(C)(C)C(C)C3(C)C)on1. The molecule has 1 atom stereocenters. The average molecular weight is 383 g/mol. The van der Waals surface area contributed by atoms with Crippen molar-refractivity contribution in [2.24, 2.45) is 5.92 Å². The fraction of sp³-hybridized carbons (Fsp3) is 0.478. The highest BCUT2D eigenvalue weighted by atomic mass is 16.7. The zero-order chi connectivity index (χ0) is 20.7. The van der Waals surface area contributed by atoms with Gasteiger partial charge in [0.15, 0.2) is 5.76 Å². The van der Waals surface area contributed by atoms with E-state index in [1.165, 1.54) is 11.1 Å². The van der Waals surface area contributed by atoms with Gasteiger partial charge in [0.2, 0.25) is 0 Å². The molecule has 28 heavy (non-hydrogen) atoms. The van der Waals surface area contributed by atoms with Gasteiger partial charge in [-0.25, -0.2) is 4.79 Å². The number of hydrogen-bond acceptors (Lipinski definition) is 5. The molecule has 150 valence electrons. The molecular weight excluding hydrogens is 354 g/mol. The van der Waals surface area contributed by atoms with Gasteiger partial charge >= 0.3 is 6.16 Å². The highest BCUT2D eigenvalue weighted by Crippen LogP contribution is 2.53. The van der Waals surface area contributed by atoms with E-state index in [4.69, 9.17) is 14.0 Å². The molecular formula is C23H29NO4. The summed E-state index contributed by atoms with van der Waals surface area (Å²) in [5.41, 5.74) is 5.28. The minimum absolute atomic E-state index is 0.0863. The Balaban J connectivity index is 1.87. The first kappa shape index (κ1) is 20.2. The molecule has 0 spiro atoms. The van der Waals surface area contributed by atoms with Crippen LogP contribution in [0.5, 0.6) is 5.88 Å². The number of rotatable bonds is 4. The van der Waals surface area contributed by atoms with Gasteiger partial charge in [0.05, 0.1) is 6.61 Å². The summed E-state index contributed by atoms with van der Waals surface area (Å²) < 4.78 is 14.9. The van der Waals surface area contributed by atoms with E-state index in [1.54, 1.807) is 13.0 Å². The summed E-state index contributed by atoms with van der Waals surface area (Å²) in [6, 6.07) is 8.28. The molecule has 5 nitrogen and oxygen atoms in total. The summed E-state index contributed by atoms with van der Waals surface area (Å²) in [6.07, 6.45) is 1.10. The maximum atomic E-state index is 11.4. The van der Waals surface area contributed by atoms with Gasteiger partial charge in [-0.3, -0.25) is 0 Å². The maximum Gasteiger partial charge on any atom is 0.515 e. The molecule has 3 rings (SSSR count). The third kappa shape index (κ3) is 3.46. The van der Waals surface area contributed by atoms with Gasteiger partial charge in [-0.05, 0) is 64.1 Å². The van der Waals surface area contributed by atoms with Crippen molar-refractivity contribution in [1.29, 1.82) is 0 Å². The summed E-state index contributed by atoms with van der Waals surface area (Å²) in [7, 11) is 0. The Bertz CT molecular complexity index is 920. The van der Waals surface area contributed by atoms with Crippen molar-refractivity contribution in [3.63, 3.8) is 0 Å².